The van der Waals surface area contributed by atoms with Gasteiger partial charge >= 0.3 is 0 Å². The largest absolute Gasteiger partial charge is 0.504 e. The predicted molar refractivity (Wildman–Crippen MR) is 172 cm³/mol. The van der Waals surface area contributed by atoms with Crippen LogP contribution in [0.25, 0.3) is 34.2 Å². The molecule has 0 bridgehead atoms. The Morgan fingerprint density at radius 2 is 1.23 bits per heavy atom. The number of ether oxygens (including phenoxy) is 2. The van der Waals surface area contributed by atoms with Crippen LogP contribution < -0.4 is 4.74 Å². The first-order chi connectivity index (χ1) is 20.8. The zero-order valence-corrected chi connectivity index (χ0v) is 26.2. The first-order valence-electron chi connectivity index (χ1n) is 15.4. The molecule has 4 aromatic rings. The number of phenols is 1. The fraction of sp³-hybridized carbons (Fsp3) is 0.417. The molecule has 7 heteroatoms. The molecule has 228 valence electrons. The van der Waals surface area contributed by atoms with Crippen molar-refractivity contribution in [3.8, 4) is 45.7 Å². The molecule has 0 saturated heterocycles. The molecule has 0 amide bonds. The van der Waals surface area contributed by atoms with Crippen molar-refractivity contribution in [1.82, 2.24) is 15.0 Å². The van der Waals surface area contributed by atoms with E-state index in [0.717, 1.165) is 46.2 Å². The van der Waals surface area contributed by atoms with Gasteiger partial charge in [0.05, 0.1) is 12.2 Å². The maximum Gasteiger partial charge on any atom is 0.168 e. The monoisotopic (exact) mass is 583 g/mol. The Morgan fingerprint density at radius 1 is 0.674 bits per heavy atom. The summed E-state index contributed by atoms with van der Waals surface area (Å²) in [4.78, 5) is 14.5. The van der Waals surface area contributed by atoms with Crippen LogP contribution in [-0.2, 0) is 4.74 Å². The summed E-state index contributed by atoms with van der Waals surface area (Å²) < 4.78 is 11.5. The van der Waals surface area contributed by atoms with Gasteiger partial charge in [-0.05, 0) is 57.4 Å². The number of aliphatic hydroxyl groups is 1. The molecule has 43 heavy (non-hydrogen) atoms. The third-order valence-electron chi connectivity index (χ3n) is 7.50. The molecular formula is C36H45N3O4. The molecule has 0 aliphatic carbocycles. The number of aryl methyl sites for hydroxylation is 4. The summed E-state index contributed by atoms with van der Waals surface area (Å²) in [6, 6.07) is 17.5. The lowest BCUT2D eigenvalue weighted by molar-refractivity contribution is 0.0105. The number of rotatable bonds is 15. The zero-order chi connectivity index (χ0) is 30.8. The molecule has 3 aromatic carbocycles. The van der Waals surface area contributed by atoms with Crippen LogP contribution in [0, 0.1) is 27.7 Å². The molecule has 7 nitrogen and oxygen atoms in total. The summed E-state index contributed by atoms with van der Waals surface area (Å²) in [5, 5.41) is 21.7. The van der Waals surface area contributed by atoms with Gasteiger partial charge < -0.3 is 19.7 Å². The average Bonchev–Trinajstić information content (AvgIpc) is 2.97. The van der Waals surface area contributed by atoms with Gasteiger partial charge in [-0.1, -0.05) is 92.6 Å². The third-order valence-corrected chi connectivity index (χ3v) is 7.50. The number of phenolic OH excluding ortho intramolecular Hbond substituents is 1. The number of aliphatic hydroxyl groups excluding tert-OH is 1. The SMILES string of the molecule is CCCCCCCCOCC(O)COc1cccc(-c2nc(-c3ccc(C)cc3C)nc(-c3ccc(C)cc3C)n2)c1O. The van der Waals surface area contributed by atoms with E-state index in [9.17, 15) is 10.2 Å². The van der Waals surface area contributed by atoms with Crippen LogP contribution in [0.1, 0.15) is 67.7 Å². The minimum absolute atomic E-state index is 0.00760. The van der Waals surface area contributed by atoms with E-state index in [2.05, 4.69) is 32.9 Å². The highest BCUT2D eigenvalue weighted by atomic mass is 16.5. The van der Waals surface area contributed by atoms with E-state index in [1.54, 1.807) is 18.2 Å². The smallest absolute Gasteiger partial charge is 0.168 e. The Hall–Kier alpha value is -3.81. The molecule has 0 aliphatic heterocycles. The summed E-state index contributed by atoms with van der Waals surface area (Å²) in [6.07, 6.45) is 6.31. The second-order valence-electron chi connectivity index (χ2n) is 11.4. The highest BCUT2D eigenvalue weighted by molar-refractivity contribution is 5.73. The van der Waals surface area contributed by atoms with Gasteiger partial charge in [-0.3, -0.25) is 0 Å². The van der Waals surface area contributed by atoms with Crippen LogP contribution in [0.2, 0.25) is 0 Å². The van der Waals surface area contributed by atoms with Gasteiger partial charge in [0.25, 0.3) is 0 Å². The second-order valence-corrected chi connectivity index (χ2v) is 11.4. The second kappa shape index (κ2) is 15.6. The Kier molecular flexibility index (Phi) is 11.6. The summed E-state index contributed by atoms with van der Waals surface area (Å²) in [7, 11) is 0. The van der Waals surface area contributed by atoms with Crippen LogP contribution in [-0.4, -0.2) is 51.1 Å². The van der Waals surface area contributed by atoms with Gasteiger partial charge in [0.2, 0.25) is 0 Å². The Bertz CT molecular complexity index is 1430. The van der Waals surface area contributed by atoms with Crippen molar-refractivity contribution in [1.29, 1.82) is 0 Å². The minimum Gasteiger partial charge on any atom is -0.504 e. The van der Waals surface area contributed by atoms with Crippen LogP contribution in [0.5, 0.6) is 11.5 Å². The topological polar surface area (TPSA) is 97.6 Å². The number of aromatic hydroxyl groups is 1. The first kappa shape index (κ1) is 32.1. The van der Waals surface area contributed by atoms with Crippen LogP contribution in [0.4, 0.5) is 0 Å². The van der Waals surface area contributed by atoms with Crippen molar-refractivity contribution in [3.05, 3.63) is 76.9 Å². The number of benzene rings is 3. The number of hydrogen-bond donors (Lipinski definition) is 2. The van der Waals surface area contributed by atoms with Gasteiger partial charge in [-0.25, -0.2) is 15.0 Å². The summed E-state index contributed by atoms with van der Waals surface area (Å²) >= 11 is 0. The van der Waals surface area contributed by atoms with E-state index in [-0.39, 0.29) is 24.7 Å². The van der Waals surface area contributed by atoms with E-state index >= 15 is 0 Å². The Morgan fingerprint density at radius 3 is 1.81 bits per heavy atom. The lowest BCUT2D eigenvalue weighted by Gasteiger charge is -2.16. The van der Waals surface area contributed by atoms with E-state index in [0.29, 0.717) is 29.6 Å². The number of hydrogen-bond acceptors (Lipinski definition) is 7. The number of unbranched alkanes of at least 4 members (excludes halogenated alkanes) is 5. The molecule has 1 atom stereocenters. The molecule has 1 aromatic heterocycles. The standard InChI is InChI=1S/C36H45N3O4/c1-6-7-8-9-10-11-19-42-22-28(40)23-43-32-14-12-13-31(33(32)41)36-38-34(29-17-15-24(2)20-26(29)4)37-35(39-36)30-18-16-25(3)21-27(30)5/h12-18,20-21,28,40-41H,6-11,19,22-23H2,1-5H3. The summed E-state index contributed by atoms with van der Waals surface area (Å²) in [5.41, 5.74) is 6.64. The minimum atomic E-state index is -0.812. The molecule has 0 fully saturated rings. The van der Waals surface area contributed by atoms with E-state index in [1.807, 2.05) is 38.1 Å². The fourth-order valence-corrected chi connectivity index (χ4v) is 5.12. The van der Waals surface area contributed by atoms with Gasteiger partial charge in [0.1, 0.15) is 12.7 Å². The lowest BCUT2D eigenvalue weighted by atomic mass is 10.0. The van der Waals surface area contributed by atoms with Crippen molar-refractivity contribution in [3.63, 3.8) is 0 Å². The molecule has 0 spiro atoms. The first-order valence-corrected chi connectivity index (χ1v) is 15.4. The van der Waals surface area contributed by atoms with Crippen LogP contribution >= 0.6 is 0 Å². The third kappa shape index (κ3) is 8.85. The predicted octanol–water partition coefficient (Wildman–Crippen LogP) is 7.93. The fourth-order valence-electron chi connectivity index (χ4n) is 5.12. The molecule has 0 saturated carbocycles. The molecule has 0 radical (unpaired) electrons. The van der Waals surface area contributed by atoms with Crippen LogP contribution in [0.3, 0.4) is 0 Å². The van der Waals surface area contributed by atoms with Crippen molar-refractivity contribution in [2.75, 3.05) is 19.8 Å². The maximum atomic E-state index is 11.3. The van der Waals surface area contributed by atoms with Crippen molar-refractivity contribution < 1.29 is 19.7 Å². The number of aromatic nitrogens is 3. The highest BCUT2D eigenvalue weighted by Gasteiger charge is 2.19. The van der Waals surface area contributed by atoms with E-state index in [4.69, 9.17) is 24.4 Å². The van der Waals surface area contributed by atoms with E-state index < -0.39 is 6.10 Å². The maximum absolute atomic E-state index is 11.3. The highest BCUT2D eigenvalue weighted by Crippen LogP contribution is 2.37. The van der Waals surface area contributed by atoms with Gasteiger partial charge in [-0.15, -0.1) is 0 Å². The molecule has 1 heterocycles. The Balaban J connectivity index is 1.54. The summed E-state index contributed by atoms with van der Waals surface area (Å²) in [6.45, 7) is 11.2. The van der Waals surface area contributed by atoms with Gasteiger partial charge in [0.15, 0.2) is 29.0 Å². The number of nitrogens with zero attached hydrogens (tertiary/aromatic N) is 3. The molecule has 2 N–H and O–H groups in total. The normalized spacial score (nSPS) is 12.0. The molecule has 1 unspecified atom stereocenters. The van der Waals surface area contributed by atoms with E-state index in [1.165, 1.54) is 25.7 Å². The molecule has 0 aliphatic rings. The summed E-state index contributed by atoms with van der Waals surface area (Å²) in [5.74, 6) is 1.55. The quantitative estimate of drug-likeness (QED) is 0.137. The average molecular weight is 584 g/mol. The van der Waals surface area contributed by atoms with Gasteiger partial charge in [-0.2, -0.15) is 0 Å². The lowest BCUT2D eigenvalue weighted by Crippen LogP contribution is -2.23. The molecular weight excluding hydrogens is 538 g/mol. The zero-order valence-electron chi connectivity index (χ0n) is 26.2. The molecule has 4 rings (SSSR count). The van der Waals surface area contributed by atoms with Crippen molar-refractivity contribution in [2.45, 2.75) is 79.2 Å². The van der Waals surface area contributed by atoms with Gasteiger partial charge in [0, 0.05) is 17.7 Å². The van der Waals surface area contributed by atoms with Crippen molar-refractivity contribution in [2.24, 2.45) is 0 Å². The Labute approximate surface area is 256 Å². The van der Waals surface area contributed by atoms with Crippen molar-refractivity contribution >= 4 is 0 Å². The number of para-hydroxylation sites is 1. The van der Waals surface area contributed by atoms with Crippen LogP contribution in [0.15, 0.2) is 54.6 Å².